The third-order valence-electron chi connectivity index (χ3n) is 5.02. The summed E-state index contributed by atoms with van der Waals surface area (Å²) in [4.78, 5) is 29.5. The highest BCUT2D eigenvalue weighted by Crippen LogP contribution is 2.41. The molecule has 0 aliphatic carbocycles. The number of rotatable bonds is 9. The molecule has 2 aromatic rings. The third kappa shape index (κ3) is 4.04. The van der Waals surface area contributed by atoms with E-state index in [1.165, 1.54) is 31.4 Å². The van der Waals surface area contributed by atoms with E-state index in [1.807, 2.05) is 19.0 Å². The highest BCUT2D eigenvalue weighted by Gasteiger charge is 2.44. The Bertz CT molecular complexity index is 949. The first kappa shape index (κ1) is 21.4. The Kier molecular flexibility index (Phi) is 6.47. The molecule has 1 amide bonds. The Morgan fingerprint density at radius 1 is 1.20 bits per heavy atom. The van der Waals surface area contributed by atoms with Gasteiger partial charge in [-0.25, -0.2) is 0 Å². The largest absolute Gasteiger partial charge is 0.503 e. The first-order chi connectivity index (χ1) is 14.4. The van der Waals surface area contributed by atoms with Gasteiger partial charge < -0.3 is 28.8 Å². The minimum atomic E-state index is -0.767. The van der Waals surface area contributed by atoms with Crippen molar-refractivity contribution in [1.29, 1.82) is 0 Å². The van der Waals surface area contributed by atoms with Gasteiger partial charge in [0.2, 0.25) is 5.78 Å². The van der Waals surface area contributed by atoms with E-state index in [2.05, 4.69) is 0 Å². The van der Waals surface area contributed by atoms with Crippen molar-refractivity contribution in [2.24, 2.45) is 0 Å². The summed E-state index contributed by atoms with van der Waals surface area (Å²) in [7, 11) is 6.93. The van der Waals surface area contributed by atoms with Gasteiger partial charge in [-0.05, 0) is 56.9 Å². The van der Waals surface area contributed by atoms with Crippen molar-refractivity contribution in [3.63, 3.8) is 0 Å². The molecule has 3 rings (SSSR count). The number of nitrogens with zero attached hydrogens (tertiary/aromatic N) is 2. The molecule has 1 aromatic carbocycles. The van der Waals surface area contributed by atoms with Crippen LogP contribution < -0.4 is 9.47 Å². The molecule has 8 heteroatoms. The summed E-state index contributed by atoms with van der Waals surface area (Å²) >= 11 is 0. The Labute approximate surface area is 175 Å². The standard InChI is InChI=1S/C22H26N2O6/c1-23(2)10-6-11-24-19(14-8-9-15(28-3)17(13-14)29-4)18(21(26)22(24)27)20(25)16-7-5-12-30-16/h5,7-9,12-13,19,26H,6,10-11H2,1-4H3/t19-/m0/s1. The fraction of sp³-hybridized carbons (Fsp3) is 0.364. The van der Waals surface area contributed by atoms with Gasteiger partial charge in [0.05, 0.1) is 32.1 Å². The molecule has 30 heavy (non-hydrogen) atoms. The molecule has 2 heterocycles. The number of aliphatic hydroxyl groups is 1. The average molecular weight is 414 g/mol. The summed E-state index contributed by atoms with van der Waals surface area (Å²) in [5, 5.41) is 10.6. The average Bonchev–Trinajstić information content (AvgIpc) is 3.35. The van der Waals surface area contributed by atoms with Crippen molar-refractivity contribution in [3.05, 3.63) is 59.3 Å². The molecule has 0 radical (unpaired) electrons. The van der Waals surface area contributed by atoms with Crippen LogP contribution in [0.15, 0.2) is 52.3 Å². The monoisotopic (exact) mass is 414 g/mol. The Balaban J connectivity index is 2.05. The van der Waals surface area contributed by atoms with E-state index in [4.69, 9.17) is 13.9 Å². The molecule has 0 saturated carbocycles. The van der Waals surface area contributed by atoms with E-state index in [-0.39, 0.29) is 11.3 Å². The number of hydrogen-bond acceptors (Lipinski definition) is 7. The number of Topliss-reactive ketones (excluding diaryl/α,β-unsaturated/α-hetero) is 1. The highest BCUT2D eigenvalue weighted by molar-refractivity contribution is 6.15. The molecular formula is C22H26N2O6. The fourth-order valence-electron chi connectivity index (χ4n) is 3.58. The van der Waals surface area contributed by atoms with Crippen molar-refractivity contribution < 1.29 is 28.6 Å². The van der Waals surface area contributed by atoms with Gasteiger partial charge in [-0.3, -0.25) is 9.59 Å². The zero-order valence-corrected chi connectivity index (χ0v) is 17.5. The Hall–Kier alpha value is -3.26. The molecule has 160 valence electrons. The number of aliphatic hydroxyl groups excluding tert-OH is 1. The summed E-state index contributed by atoms with van der Waals surface area (Å²) in [5.41, 5.74) is 0.622. The molecular weight excluding hydrogens is 388 g/mol. The van der Waals surface area contributed by atoms with Crippen LogP contribution in [0.1, 0.15) is 28.6 Å². The van der Waals surface area contributed by atoms with Crippen molar-refractivity contribution in [1.82, 2.24) is 9.80 Å². The van der Waals surface area contributed by atoms with Crippen LogP contribution in [0.3, 0.4) is 0 Å². The van der Waals surface area contributed by atoms with E-state index in [9.17, 15) is 14.7 Å². The van der Waals surface area contributed by atoms with Crippen LogP contribution >= 0.6 is 0 Å². The second kappa shape index (κ2) is 9.04. The second-order valence-corrected chi connectivity index (χ2v) is 7.24. The number of furan rings is 1. The summed E-state index contributed by atoms with van der Waals surface area (Å²) in [6, 6.07) is 7.50. The summed E-state index contributed by atoms with van der Waals surface area (Å²) < 4.78 is 15.9. The van der Waals surface area contributed by atoms with Gasteiger partial charge in [0, 0.05) is 6.54 Å². The zero-order valence-electron chi connectivity index (χ0n) is 17.5. The summed E-state index contributed by atoms with van der Waals surface area (Å²) in [6.07, 6.45) is 2.06. The molecule has 1 aliphatic rings. The maximum Gasteiger partial charge on any atom is 0.290 e. The molecule has 1 N–H and O–H groups in total. The van der Waals surface area contributed by atoms with Gasteiger partial charge in [0.1, 0.15) is 0 Å². The van der Waals surface area contributed by atoms with Crippen molar-refractivity contribution in [2.75, 3.05) is 41.4 Å². The summed E-state index contributed by atoms with van der Waals surface area (Å²) in [6.45, 7) is 1.12. The highest BCUT2D eigenvalue weighted by atomic mass is 16.5. The van der Waals surface area contributed by atoms with Crippen LogP contribution in [-0.2, 0) is 4.79 Å². The number of amides is 1. The van der Waals surface area contributed by atoms with Gasteiger partial charge in [-0.15, -0.1) is 0 Å². The third-order valence-corrected chi connectivity index (χ3v) is 5.02. The molecule has 0 unspecified atom stereocenters. The number of carbonyl (C=O) groups excluding carboxylic acids is 2. The predicted octanol–water partition coefficient (Wildman–Crippen LogP) is 2.83. The predicted molar refractivity (Wildman–Crippen MR) is 110 cm³/mol. The lowest BCUT2D eigenvalue weighted by Gasteiger charge is -2.27. The molecule has 0 fully saturated rings. The number of ketones is 1. The molecule has 1 aromatic heterocycles. The first-order valence-corrected chi connectivity index (χ1v) is 9.58. The quantitative estimate of drug-likeness (QED) is 0.631. The SMILES string of the molecule is COc1ccc([C@H]2C(C(=O)c3ccco3)=C(O)C(=O)N2CCCN(C)C)cc1OC. The number of methoxy groups -OCH3 is 2. The normalized spacial score (nSPS) is 16.5. The lowest BCUT2D eigenvalue weighted by Crippen LogP contribution is -2.33. The van der Waals surface area contributed by atoms with Crippen molar-refractivity contribution >= 4 is 11.7 Å². The molecule has 0 bridgehead atoms. The minimum Gasteiger partial charge on any atom is -0.503 e. The van der Waals surface area contributed by atoms with Crippen LogP contribution in [0.4, 0.5) is 0 Å². The number of carbonyl (C=O) groups is 2. The fourth-order valence-corrected chi connectivity index (χ4v) is 3.58. The van der Waals surface area contributed by atoms with Crippen LogP contribution in [0.5, 0.6) is 11.5 Å². The van der Waals surface area contributed by atoms with E-state index < -0.39 is 23.5 Å². The lowest BCUT2D eigenvalue weighted by molar-refractivity contribution is -0.129. The Morgan fingerprint density at radius 2 is 1.93 bits per heavy atom. The van der Waals surface area contributed by atoms with Crippen LogP contribution in [0, 0.1) is 0 Å². The minimum absolute atomic E-state index is 0.00739. The molecule has 8 nitrogen and oxygen atoms in total. The van der Waals surface area contributed by atoms with Crippen molar-refractivity contribution in [2.45, 2.75) is 12.5 Å². The van der Waals surface area contributed by atoms with E-state index >= 15 is 0 Å². The van der Waals surface area contributed by atoms with Crippen LogP contribution in [0.25, 0.3) is 0 Å². The topological polar surface area (TPSA) is 92.5 Å². The van der Waals surface area contributed by atoms with E-state index in [0.29, 0.717) is 30.0 Å². The van der Waals surface area contributed by atoms with Gasteiger partial charge in [-0.1, -0.05) is 6.07 Å². The summed E-state index contributed by atoms with van der Waals surface area (Å²) in [5.74, 6) is -0.612. The lowest BCUT2D eigenvalue weighted by atomic mass is 9.94. The van der Waals surface area contributed by atoms with E-state index in [1.54, 1.807) is 24.3 Å². The number of hydrogen-bond donors (Lipinski definition) is 1. The Morgan fingerprint density at radius 3 is 2.53 bits per heavy atom. The van der Waals surface area contributed by atoms with Gasteiger partial charge in [-0.2, -0.15) is 0 Å². The second-order valence-electron chi connectivity index (χ2n) is 7.24. The van der Waals surface area contributed by atoms with Gasteiger partial charge in [0.15, 0.2) is 23.0 Å². The number of ether oxygens (including phenoxy) is 2. The van der Waals surface area contributed by atoms with Gasteiger partial charge in [0.25, 0.3) is 5.91 Å². The van der Waals surface area contributed by atoms with Crippen LogP contribution in [0.2, 0.25) is 0 Å². The van der Waals surface area contributed by atoms with Crippen LogP contribution in [-0.4, -0.2) is 68.0 Å². The first-order valence-electron chi connectivity index (χ1n) is 9.58. The zero-order chi connectivity index (χ0) is 21.8. The van der Waals surface area contributed by atoms with E-state index in [0.717, 1.165) is 6.54 Å². The molecule has 1 atom stereocenters. The maximum atomic E-state index is 13.1. The van der Waals surface area contributed by atoms with Gasteiger partial charge >= 0.3 is 0 Å². The molecule has 1 aliphatic heterocycles. The molecule has 0 saturated heterocycles. The molecule has 0 spiro atoms. The smallest absolute Gasteiger partial charge is 0.290 e. The number of benzene rings is 1. The van der Waals surface area contributed by atoms with Crippen molar-refractivity contribution in [3.8, 4) is 11.5 Å². The maximum absolute atomic E-state index is 13.1.